The summed E-state index contributed by atoms with van der Waals surface area (Å²) in [6.07, 6.45) is 12.4. The van der Waals surface area contributed by atoms with Gasteiger partial charge in [0.25, 0.3) is 0 Å². The van der Waals surface area contributed by atoms with E-state index in [4.69, 9.17) is 5.73 Å². The molecule has 1 aliphatic rings. The zero-order valence-electron chi connectivity index (χ0n) is 9.77. The highest BCUT2D eigenvalue weighted by Crippen LogP contribution is 2.26. The second-order valence-corrected chi connectivity index (χ2v) is 4.61. The van der Waals surface area contributed by atoms with Gasteiger partial charge in [-0.1, -0.05) is 32.1 Å². The van der Waals surface area contributed by atoms with Crippen LogP contribution in [0.15, 0.2) is 12.4 Å². The molecule has 1 fully saturated rings. The van der Waals surface area contributed by atoms with Crippen LogP contribution in [0.4, 0.5) is 0 Å². The Bertz CT molecular complexity index is 292. The standard InChI is InChI=1S/C12H21N3.ClH/c13-8-12-9-14-15(10-12)7-6-11-4-2-1-3-5-11;/h9-11H,1-8,13H2;1H. The molecule has 0 unspecified atom stereocenters. The lowest BCUT2D eigenvalue weighted by Crippen LogP contribution is -2.10. The highest BCUT2D eigenvalue weighted by Gasteiger charge is 2.13. The maximum atomic E-state index is 5.55. The van der Waals surface area contributed by atoms with Crippen LogP contribution in [0.3, 0.4) is 0 Å². The molecule has 0 spiro atoms. The van der Waals surface area contributed by atoms with Crippen molar-refractivity contribution in [2.24, 2.45) is 11.7 Å². The maximum absolute atomic E-state index is 5.55. The third-order valence-corrected chi connectivity index (χ3v) is 3.41. The third-order valence-electron chi connectivity index (χ3n) is 3.41. The molecule has 16 heavy (non-hydrogen) atoms. The van der Waals surface area contributed by atoms with Gasteiger partial charge in [-0.15, -0.1) is 12.4 Å². The number of nitrogens with zero attached hydrogens (tertiary/aromatic N) is 2. The monoisotopic (exact) mass is 243 g/mol. The summed E-state index contributed by atoms with van der Waals surface area (Å²) in [5.74, 6) is 0.935. The van der Waals surface area contributed by atoms with Gasteiger partial charge >= 0.3 is 0 Å². The second kappa shape index (κ2) is 6.92. The molecule has 3 nitrogen and oxygen atoms in total. The molecule has 0 saturated heterocycles. The van der Waals surface area contributed by atoms with Crippen LogP contribution in [0.25, 0.3) is 0 Å². The third kappa shape index (κ3) is 3.80. The van der Waals surface area contributed by atoms with Crippen molar-refractivity contribution in [2.75, 3.05) is 0 Å². The van der Waals surface area contributed by atoms with Gasteiger partial charge in [0.05, 0.1) is 6.20 Å². The zero-order chi connectivity index (χ0) is 10.5. The van der Waals surface area contributed by atoms with E-state index in [2.05, 4.69) is 11.3 Å². The van der Waals surface area contributed by atoms with E-state index >= 15 is 0 Å². The molecule has 2 rings (SSSR count). The quantitative estimate of drug-likeness (QED) is 0.884. The highest BCUT2D eigenvalue weighted by molar-refractivity contribution is 5.85. The SMILES string of the molecule is Cl.NCc1cnn(CCC2CCCCC2)c1. The smallest absolute Gasteiger partial charge is 0.0534 e. The minimum absolute atomic E-state index is 0. The van der Waals surface area contributed by atoms with Crippen molar-refractivity contribution in [3.05, 3.63) is 18.0 Å². The topological polar surface area (TPSA) is 43.8 Å². The van der Waals surface area contributed by atoms with Crippen molar-refractivity contribution >= 4 is 12.4 Å². The lowest BCUT2D eigenvalue weighted by Gasteiger charge is -2.21. The second-order valence-electron chi connectivity index (χ2n) is 4.61. The first-order valence-electron chi connectivity index (χ1n) is 6.10. The molecule has 0 radical (unpaired) electrons. The number of halogens is 1. The number of nitrogens with two attached hydrogens (primary N) is 1. The first-order chi connectivity index (χ1) is 7.38. The van der Waals surface area contributed by atoms with Crippen LogP contribution in [-0.2, 0) is 13.1 Å². The van der Waals surface area contributed by atoms with Gasteiger partial charge in [-0.25, -0.2) is 0 Å². The Morgan fingerprint density at radius 2 is 2.06 bits per heavy atom. The molecule has 0 amide bonds. The fourth-order valence-corrected chi connectivity index (χ4v) is 2.42. The number of aromatic nitrogens is 2. The molecule has 0 atom stereocenters. The van der Waals surface area contributed by atoms with E-state index in [9.17, 15) is 0 Å². The maximum Gasteiger partial charge on any atom is 0.0534 e. The first-order valence-corrected chi connectivity index (χ1v) is 6.10. The molecular formula is C12H22ClN3. The Balaban J connectivity index is 0.00000128. The number of rotatable bonds is 4. The van der Waals surface area contributed by atoms with Gasteiger partial charge in [0.15, 0.2) is 0 Å². The predicted molar refractivity (Wildman–Crippen MR) is 68.6 cm³/mol. The average molecular weight is 244 g/mol. The molecule has 1 heterocycles. The van der Waals surface area contributed by atoms with Gasteiger partial charge in [-0.3, -0.25) is 4.68 Å². The number of hydrogen-bond donors (Lipinski definition) is 1. The van der Waals surface area contributed by atoms with E-state index in [-0.39, 0.29) is 12.4 Å². The summed E-state index contributed by atoms with van der Waals surface area (Å²) in [5, 5.41) is 4.31. The fraction of sp³-hybridized carbons (Fsp3) is 0.750. The lowest BCUT2D eigenvalue weighted by molar-refractivity contribution is 0.319. The summed E-state index contributed by atoms with van der Waals surface area (Å²) in [6, 6.07) is 0. The predicted octanol–water partition coefficient (Wildman–Crippen LogP) is 2.73. The molecule has 4 heteroatoms. The first kappa shape index (κ1) is 13.5. The van der Waals surface area contributed by atoms with Crippen LogP contribution < -0.4 is 5.73 Å². The summed E-state index contributed by atoms with van der Waals surface area (Å²) in [5.41, 5.74) is 6.69. The van der Waals surface area contributed by atoms with Crippen LogP contribution in [-0.4, -0.2) is 9.78 Å². The van der Waals surface area contributed by atoms with Gasteiger partial charge in [0.2, 0.25) is 0 Å². The van der Waals surface area contributed by atoms with Crippen LogP contribution in [0.2, 0.25) is 0 Å². The van der Waals surface area contributed by atoms with E-state index in [1.54, 1.807) is 0 Å². The Hall–Kier alpha value is -0.540. The molecule has 0 bridgehead atoms. The van der Waals surface area contributed by atoms with E-state index in [0.717, 1.165) is 18.0 Å². The van der Waals surface area contributed by atoms with Crippen molar-refractivity contribution in [2.45, 2.75) is 51.6 Å². The number of aryl methyl sites for hydroxylation is 1. The van der Waals surface area contributed by atoms with Crippen LogP contribution in [0.5, 0.6) is 0 Å². The summed E-state index contributed by atoms with van der Waals surface area (Å²) >= 11 is 0. The average Bonchev–Trinajstić information content (AvgIpc) is 2.76. The molecule has 0 aliphatic heterocycles. The Labute approximate surface area is 104 Å². The molecule has 1 aliphatic carbocycles. The molecular weight excluding hydrogens is 222 g/mol. The molecule has 2 N–H and O–H groups in total. The lowest BCUT2D eigenvalue weighted by atomic mass is 9.87. The van der Waals surface area contributed by atoms with Crippen molar-refractivity contribution in [1.29, 1.82) is 0 Å². The summed E-state index contributed by atoms with van der Waals surface area (Å²) < 4.78 is 2.04. The normalized spacial score (nSPS) is 17.1. The van der Waals surface area contributed by atoms with E-state index in [0.29, 0.717) is 6.54 Å². The van der Waals surface area contributed by atoms with Gasteiger partial charge < -0.3 is 5.73 Å². The van der Waals surface area contributed by atoms with Crippen LogP contribution >= 0.6 is 12.4 Å². The summed E-state index contributed by atoms with van der Waals surface area (Å²) in [6.45, 7) is 1.66. The van der Waals surface area contributed by atoms with Crippen molar-refractivity contribution < 1.29 is 0 Å². The summed E-state index contributed by atoms with van der Waals surface area (Å²) in [7, 11) is 0. The van der Waals surface area contributed by atoms with Crippen molar-refractivity contribution in [1.82, 2.24) is 9.78 Å². The number of hydrogen-bond acceptors (Lipinski definition) is 2. The van der Waals surface area contributed by atoms with Gasteiger partial charge in [-0.05, 0) is 12.3 Å². The van der Waals surface area contributed by atoms with Gasteiger partial charge in [0.1, 0.15) is 0 Å². The van der Waals surface area contributed by atoms with E-state index < -0.39 is 0 Å². The van der Waals surface area contributed by atoms with E-state index in [1.165, 1.54) is 38.5 Å². The van der Waals surface area contributed by atoms with Crippen molar-refractivity contribution in [3.8, 4) is 0 Å². The molecule has 92 valence electrons. The van der Waals surface area contributed by atoms with Gasteiger partial charge in [0, 0.05) is 24.8 Å². The van der Waals surface area contributed by atoms with Crippen molar-refractivity contribution in [3.63, 3.8) is 0 Å². The summed E-state index contributed by atoms with van der Waals surface area (Å²) in [4.78, 5) is 0. The van der Waals surface area contributed by atoms with E-state index in [1.807, 2.05) is 10.9 Å². The Morgan fingerprint density at radius 3 is 2.69 bits per heavy atom. The molecule has 1 aromatic rings. The van der Waals surface area contributed by atoms with Crippen LogP contribution in [0.1, 0.15) is 44.1 Å². The van der Waals surface area contributed by atoms with Crippen LogP contribution in [0, 0.1) is 5.92 Å². The molecule has 0 aromatic carbocycles. The van der Waals surface area contributed by atoms with Gasteiger partial charge in [-0.2, -0.15) is 5.10 Å². The highest BCUT2D eigenvalue weighted by atomic mass is 35.5. The minimum atomic E-state index is 0. The Kier molecular flexibility index (Phi) is 5.85. The largest absolute Gasteiger partial charge is 0.326 e. The fourth-order valence-electron chi connectivity index (χ4n) is 2.42. The zero-order valence-corrected chi connectivity index (χ0v) is 10.6. The Morgan fingerprint density at radius 1 is 1.31 bits per heavy atom. The molecule has 1 saturated carbocycles. The minimum Gasteiger partial charge on any atom is -0.326 e. The molecule has 1 aromatic heterocycles.